The summed E-state index contributed by atoms with van der Waals surface area (Å²) in [5.41, 5.74) is 3.68. The molecule has 0 radical (unpaired) electrons. The van der Waals surface area contributed by atoms with E-state index in [9.17, 15) is 0 Å². The topological polar surface area (TPSA) is 22.1 Å². The van der Waals surface area contributed by atoms with Crippen LogP contribution in [0.2, 0.25) is 0 Å². The van der Waals surface area contributed by atoms with Crippen LogP contribution < -0.4 is 4.74 Å². The van der Waals surface area contributed by atoms with Gasteiger partial charge in [0.25, 0.3) is 0 Å². The normalized spacial score (nSPS) is 18.6. The lowest BCUT2D eigenvalue weighted by Crippen LogP contribution is -2.15. The van der Waals surface area contributed by atoms with Gasteiger partial charge in [-0.05, 0) is 48.8 Å². The highest BCUT2D eigenvalue weighted by molar-refractivity contribution is 5.59. The molecule has 32 heavy (non-hydrogen) atoms. The van der Waals surface area contributed by atoms with E-state index in [1.54, 1.807) is 0 Å². The average Bonchev–Trinajstić information content (AvgIpc) is 2.84. The Morgan fingerprint density at radius 3 is 2.09 bits per heavy atom. The first-order valence-corrected chi connectivity index (χ1v) is 13.5. The van der Waals surface area contributed by atoms with Gasteiger partial charge < -0.3 is 4.74 Å². The van der Waals surface area contributed by atoms with Crippen LogP contribution in [0.5, 0.6) is 5.75 Å². The number of nitrogens with zero attached hydrogens (tertiary/aromatic N) is 1. The second kappa shape index (κ2) is 14.3. The summed E-state index contributed by atoms with van der Waals surface area (Å²) >= 11 is 0. The molecule has 0 amide bonds. The molecular weight excluding hydrogens is 390 g/mol. The molecule has 0 aliphatic heterocycles. The minimum absolute atomic E-state index is 0.788. The molecule has 0 atom stereocenters. The molecule has 1 aromatic heterocycles. The molecule has 0 spiro atoms. The first kappa shape index (κ1) is 24.8. The van der Waals surface area contributed by atoms with Gasteiger partial charge in [-0.3, -0.25) is 4.98 Å². The molecule has 2 aromatic rings. The molecule has 2 nitrogen and oxygen atoms in total. The van der Waals surface area contributed by atoms with E-state index >= 15 is 0 Å². The van der Waals surface area contributed by atoms with E-state index in [-0.39, 0.29) is 0 Å². The molecule has 1 aliphatic rings. The van der Waals surface area contributed by atoms with Crippen LogP contribution >= 0.6 is 0 Å². The fraction of sp³-hybridized carbons (Fsp3) is 0.633. The van der Waals surface area contributed by atoms with Crippen LogP contribution in [-0.4, -0.2) is 11.6 Å². The van der Waals surface area contributed by atoms with Crippen LogP contribution in [0.15, 0.2) is 42.6 Å². The van der Waals surface area contributed by atoms with Gasteiger partial charge in [-0.1, -0.05) is 109 Å². The van der Waals surface area contributed by atoms with Crippen LogP contribution in [0, 0.1) is 11.8 Å². The van der Waals surface area contributed by atoms with E-state index in [0.29, 0.717) is 0 Å². The zero-order valence-corrected chi connectivity index (χ0v) is 20.7. The molecule has 0 bridgehead atoms. The second-order valence-electron chi connectivity index (χ2n) is 9.91. The van der Waals surface area contributed by atoms with Crippen molar-refractivity contribution < 1.29 is 4.74 Å². The fourth-order valence-electron chi connectivity index (χ4n) is 5.06. The monoisotopic (exact) mass is 435 g/mol. The molecule has 2 heteroatoms. The maximum Gasteiger partial charge on any atom is 0.137 e. The predicted molar refractivity (Wildman–Crippen MR) is 137 cm³/mol. The Labute approximate surface area is 197 Å². The molecule has 1 fully saturated rings. The smallest absolute Gasteiger partial charge is 0.137 e. The van der Waals surface area contributed by atoms with E-state index in [0.717, 1.165) is 36.3 Å². The zero-order chi connectivity index (χ0) is 22.4. The molecule has 0 unspecified atom stereocenters. The highest BCUT2D eigenvalue weighted by atomic mass is 16.5. The Morgan fingerprint density at radius 1 is 0.750 bits per heavy atom. The van der Waals surface area contributed by atoms with Crippen LogP contribution in [0.3, 0.4) is 0 Å². The number of pyridine rings is 1. The van der Waals surface area contributed by atoms with E-state index in [4.69, 9.17) is 4.74 Å². The Hall–Kier alpha value is -1.83. The molecular formula is C30H45NO. The lowest BCUT2D eigenvalue weighted by Gasteiger charge is -2.28. The highest BCUT2D eigenvalue weighted by Crippen LogP contribution is 2.34. The lowest BCUT2D eigenvalue weighted by atomic mass is 9.78. The van der Waals surface area contributed by atoms with E-state index in [1.165, 1.54) is 94.6 Å². The van der Waals surface area contributed by atoms with Crippen molar-refractivity contribution in [2.24, 2.45) is 11.8 Å². The largest absolute Gasteiger partial charge is 0.492 e. The Balaban J connectivity index is 1.38. The molecule has 3 rings (SSSR count). The number of ether oxygens (including phenoxy) is 1. The van der Waals surface area contributed by atoms with Gasteiger partial charge >= 0.3 is 0 Å². The van der Waals surface area contributed by atoms with Gasteiger partial charge in [-0.2, -0.15) is 0 Å². The number of aromatic nitrogens is 1. The number of unbranched alkanes of at least 4 members (excludes halogenated alkanes) is 5. The maximum atomic E-state index is 5.82. The number of hydrogen-bond acceptors (Lipinski definition) is 2. The standard InChI is InChI=1S/C30H45NO/c1-3-5-7-9-23-32-29-21-22-30(31-24-29)28-19-17-27(18-20-28)16-15-26-13-11-25(12-14-26)10-8-6-4-2/h17-22,24-26H,3-16,23H2,1-2H3/t25-,26-. The number of benzene rings is 1. The van der Waals surface area contributed by atoms with Crippen molar-refractivity contribution in [1.29, 1.82) is 0 Å². The first-order chi connectivity index (χ1) is 15.8. The minimum Gasteiger partial charge on any atom is -0.492 e. The molecule has 0 N–H and O–H groups in total. The Morgan fingerprint density at radius 2 is 1.44 bits per heavy atom. The summed E-state index contributed by atoms with van der Waals surface area (Å²) in [4.78, 5) is 4.62. The summed E-state index contributed by atoms with van der Waals surface area (Å²) in [6.07, 6.45) is 20.9. The van der Waals surface area contributed by atoms with Crippen molar-refractivity contribution in [3.05, 3.63) is 48.2 Å². The van der Waals surface area contributed by atoms with Crippen LogP contribution in [0.1, 0.15) is 103 Å². The molecule has 1 saturated carbocycles. The third-order valence-electron chi connectivity index (χ3n) is 7.28. The Bertz CT molecular complexity index is 728. The summed E-state index contributed by atoms with van der Waals surface area (Å²) < 4.78 is 5.82. The van der Waals surface area contributed by atoms with Crippen LogP contribution in [-0.2, 0) is 6.42 Å². The Kier molecular flexibility index (Phi) is 11.1. The summed E-state index contributed by atoms with van der Waals surface area (Å²) in [7, 11) is 0. The predicted octanol–water partition coefficient (Wildman–Crippen LogP) is 9.03. The summed E-state index contributed by atoms with van der Waals surface area (Å²) in [5.74, 6) is 2.83. The molecule has 1 aromatic carbocycles. The molecule has 1 heterocycles. The SMILES string of the molecule is CCCCCCOc1ccc(-c2ccc(CC[C@H]3CC[C@H](CCCCC)CC3)cc2)nc1. The van der Waals surface area contributed by atoms with Gasteiger partial charge in [0, 0.05) is 5.56 Å². The van der Waals surface area contributed by atoms with Gasteiger partial charge in [0.05, 0.1) is 18.5 Å². The number of rotatable bonds is 14. The lowest BCUT2D eigenvalue weighted by molar-refractivity contribution is 0.249. The van der Waals surface area contributed by atoms with E-state index in [2.05, 4.69) is 55.2 Å². The van der Waals surface area contributed by atoms with Crippen molar-refractivity contribution in [3.8, 4) is 17.0 Å². The maximum absolute atomic E-state index is 5.82. The average molecular weight is 436 g/mol. The molecule has 1 aliphatic carbocycles. The van der Waals surface area contributed by atoms with Gasteiger partial charge in [-0.25, -0.2) is 0 Å². The summed E-state index contributed by atoms with van der Waals surface area (Å²) in [6, 6.07) is 13.2. The first-order valence-electron chi connectivity index (χ1n) is 13.5. The third-order valence-corrected chi connectivity index (χ3v) is 7.28. The number of hydrogen-bond donors (Lipinski definition) is 0. The van der Waals surface area contributed by atoms with Gasteiger partial charge in [0.2, 0.25) is 0 Å². The molecule has 0 saturated heterocycles. The zero-order valence-electron chi connectivity index (χ0n) is 20.7. The van der Waals surface area contributed by atoms with Gasteiger partial charge in [0.15, 0.2) is 0 Å². The summed E-state index contributed by atoms with van der Waals surface area (Å²) in [5, 5.41) is 0. The second-order valence-corrected chi connectivity index (χ2v) is 9.91. The summed E-state index contributed by atoms with van der Waals surface area (Å²) in [6.45, 7) is 5.33. The minimum atomic E-state index is 0.788. The van der Waals surface area contributed by atoms with Crippen molar-refractivity contribution in [2.75, 3.05) is 6.61 Å². The van der Waals surface area contributed by atoms with Crippen molar-refractivity contribution in [2.45, 2.75) is 104 Å². The fourth-order valence-corrected chi connectivity index (χ4v) is 5.06. The number of aryl methyl sites for hydroxylation is 1. The third kappa shape index (κ3) is 8.60. The van der Waals surface area contributed by atoms with Crippen LogP contribution in [0.4, 0.5) is 0 Å². The van der Waals surface area contributed by atoms with Crippen molar-refractivity contribution in [3.63, 3.8) is 0 Å². The van der Waals surface area contributed by atoms with Crippen LogP contribution in [0.25, 0.3) is 11.3 Å². The van der Waals surface area contributed by atoms with Gasteiger partial charge in [0.1, 0.15) is 5.75 Å². The van der Waals surface area contributed by atoms with E-state index in [1.807, 2.05) is 6.20 Å². The van der Waals surface area contributed by atoms with E-state index < -0.39 is 0 Å². The van der Waals surface area contributed by atoms with Gasteiger partial charge in [-0.15, -0.1) is 0 Å². The van der Waals surface area contributed by atoms with Crippen molar-refractivity contribution >= 4 is 0 Å². The quantitative estimate of drug-likeness (QED) is 0.276. The highest BCUT2D eigenvalue weighted by Gasteiger charge is 2.20. The van der Waals surface area contributed by atoms with Crippen molar-refractivity contribution in [1.82, 2.24) is 4.98 Å². The molecule has 176 valence electrons.